The Morgan fingerprint density at radius 3 is 2.02 bits per heavy atom. The molecule has 2 aliphatic heterocycles. The average molecular weight is 797 g/mol. The van der Waals surface area contributed by atoms with Crippen molar-refractivity contribution in [3.05, 3.63) is 24.0 Å². The number of nitrogens with zero attached hydrogens (tertiary/aromatic N) is 4. The van der Waals surface area contributed by atoms with Gasteiger partial charge in [-0.3, -0.25) is 14.7 Å². The molecule has 1 aromatic heterocycles. The second kappa shape index (κ2) is 19.7. The summed E-state index contributed by atoms with van der Waals surface area (Å²) in [5, 5.41) is 7.96. The molecule has 1 amide bonds. The largest absolute Gasteiger partial charge is 0.490 e. The molecule has 0 radical (unpaired) electrons. The highest BCUT2D eigenvalue weighted by atomic mass is 16.5. The summed E-state index contributed by atoms with van der Waals surface area (Å²) < 4.78 is 12.8. The van der Waals surface area contributed by atoms with Gasteiger partial charge >= 0.3 is 0 Å². The molecule has 9 nitrogen and oxygen atoms in total. The molecule has 1 aromatic rings. The number of aromatic nitrogens is 1. The molecular weight excluding hydrogens is 709 g/mol. The molecular formula is C48H88N6O3. The molecule has 1 aliphatic carbocycles. The molecule has 3 aliphatic rings. The van der Waals surface area contributed by atoms with Crippen molar-refractivity contribution >= 4 is 5.91 Å². The maximum Gasteiger partial charge on any atom is 0.222 e. The van der Waals surface area contributed by atoms with Crippen LogP contribution in [0, 0.1) is 5.41 Å². The molecule has 2 N–H and O–H groups in total. The van der Waals surface area contributed by atoms with Crippen LogP contribution in [0.4, 0.5) is 0 Å². The first-order valence-corrected chi connectivity index (χ1v) is 22.9. The van der Waals surface area contributed by atoms with E-state index in [1.54, 1.807) is 0 Å². The van der Waals surface area contributed by atoms with Crippen molar-refractivity contribution in [2.75, 3.05) is 52.4 Å². The Morgan fingerprint density at radius 1 is 0.772 bits per heavy atom. The summed E-state index contributed by atoms with van der Waals surface area (Å²) in [5.41, 5.74) is 1.49. The van der Waals surface area contributed by atoms with Gasteiger partial charge in [0.2, 0.25) is 5.91 Å². The third kappa shape index (κ3) is 16.7. The number of nitrogens with one attached hydrogen (secondary N) is 2. The van der Waals surface area contributed by atoms with Crippen molar-refractivity contribution in [1.29, 1.82) is 0 Å². The number of rotatable bonds is 20. The number of unbranched alkanes of at least 4 members (excludes halogenated alkanes) is 1. The van der Waals surface area contributed by atoms with Crippen LogP contribution in [0.5, 0.6) is 5.75 Å². The molecule has 0 aromatic carbocycles. The standard InChI is InChI=1S/C48H88N6O3/c1-43(2,3)41-35-39(18-24-49-41)57-40-33-38(34-40)51-46(9,10)22-23-48(13,14)56-32-31-52-25-19-37(20-26-52)50-47(11,12)36-45(7,8)21-16-15-17-42(55)53-27-29-54(30-28-53)44(4,5)6/h18,24,35,37-38,40,50-51H,15-17,19-23,25-34,36H2,1-14H3/t38-,40+. The van der Waals surface area contributed by atoms with Gasteiger partial charge in [-0.1, -0.05) is 41.0 Å². The van der Waals surface area contributed by atoms with Gasteiger partial charge in [0.05, 0.1) is 12.2 Å². The van der Waals surface area contributed by atoms with Crippen LogP contribution in [-0.2, 0) is 14.9 Å². The average Bonchev–Trinajstić information content (AvgIpc) is 3.08. The van der Waals surface area contributed by atoms with Gasteiger partial charge in [0.25, 0.3) is 0 Å². The lowest BCUT2D eigenvalue weighted by molar-refractivity contribution is -0.133. The normalized spacial score (nSPS) is 21.5. The van der Waals surface area contributed by atoms with E-state index in [2.05, 4.69) is 133 Å². The molecule has 0 bridgehead atoms. The van der Waals surface area contributed by atoms with E-state index in [4.69, 9.17) is 9.47 Å². The molecule has 0 unspecified atom stereocenters. The highest BCUT2D eigenvalue weighted by Gasteiger charge is 2.36. The zero-order valence-electron chi connectivity index (χ0n) is 39.4. The Balaban J connectivity index is 1.05. The van der Waals surface area contributed by atoms with Gasteiger partial charge in [-0.05, 0) is 145 Å². The van der Waals surface area contributed by atoms with Crippen LogP contribution < -0.4 is 15.4 Å². The Kier molecular flexibility index (Phi) is 16.6. The predicted octanol–water partition coefficient (Wildman–Crippen LogP) is 8.98. The van der Waals surface area contributed by atoms with E-state index in [0.717, 1.165) is 115 Å². The second-order valence-corrected chi connectivity index (χ2v) is 22.9. The lowest BCUT2D eigenvalue weighted by atomic mass is 9.76. The number of carbonyl (C=O) groups excluding carboxylic acids is 1. The highest BCUT2D eigenvalue weighted by Crippen LogP contribution is 2.35. The van der Waals surface area contributed by atoms with Gasteiger partial charge in [-0.15, -0.1) is 0 Å². The van der Waals surface area contributed by atoms with E-state index in [-0.39, 0.29) is 39.2 Å². The maximum absolute atomic E-state index is 12.9. The fourth-order valence-electron chi connectivity index (χ4n) is 9.48. The van der Waals surface area contributed by atoms with Crippen molar-refractivity contribution in [1.82, 2.24) is 30.3 Å². The lowest BCUT2D eigenvalue weighted by Crippen LogP contribution is -2.54. The van der Waals surface area contributed by atoms with Crippen molar-refractivity contribution in [3.8, 4) is 5.75 Å². The number of amides is 1. The van der Waals surface area contributed by atoms with Gasteiger partial charge in [0.1, 0.15) is 11.9 Å². The summed E-state index contributed by atoms with van der Waals surface area (Å²) in [5.74, 6) is 1.28. The monoisotopic (exact) mass is 797 g/mol. The van der Waals surface area contributed by atoms with E-state index < -0.39 is 0 Å². The van der Waals surface area contributed by atoms with Gasteiger partial charge < -0.3 is 29.9 Å². The van der Waals surface area contributed by atoms with E-state index >= 15 is 0 Å². The quantitative estimate of drug-likeness (QED) is 0.127. The minimum Gasteiger partial charge on any atom is -0.490 e. The summed E-state index contributed by atoms with van der Waals surface area (Å²) in [7, 11) is 0. The predicted molar refractivity (Wildman–Crippen MR) is 238 cm³/mol. The van der Waals surface area contributed by atoms with Crippen LogP contribution in [0.25, 0.3) is 0 Å². The molecule has 2 saturated heterocycles. The number of piperidine rings is 1. The second-order valence-electron chi connectivity index (χ2n) is 22.9. The smallest absolute Gasteiger partial charge is 0.222 e. The molecule has 0 atom stereocenters. The molecule has 3 fully saturated rings. The van der Waals surface area contributed by atoms with Crippen LogP contribution in [0.1, 0.15) is 173 Å². The zero-order chi connectivity index (χ0) is 42.3. The third-order valence-electron chi connectivity index (χ3n) is 12.9. The Bertz CT molecular complexity index is 1370. The van der Waals surface area contributed by atoms with E-state index in [0.29, 0.717) is 24.4 Å². The van der Waals surface area contributed by atoms with Crippen LogP contribution >= 0.6 is 0 Å². The fourth-order valence-corrected chi connectivity index (χ4v) is 9.48. The molecule has 57 heavy (non-hydrogen) atoms. The van der Waals surface area contributed by atoms with Crippen molar-refractivity contribution in [2.24, 2.45) is 5.41 Å². The van der Waals surface area contributed by atoms with Gasteiger partial charge in [-0.25, -0.2) is 0 Å². The van der Waals surface area contributed by atoms with Crippen LogP contribution in [0.15, 0.2) is 18.3 Å². The number of likely N-dealkylation sites (tertiary alicyclic amines) is 1. The first-order chi connectivity index (χ1) is 26.3. The SMILES string of the molecule is CC(C)(CCCCC(=O)N1CCN(C(C)(C)C)CC1)CC(C)(C)NC1CCN(CCOC(C)(C)CCC(C)(C)N[C@H]2C[C@@H](Oc3ccnc(C(C)(C)C)c3)C2)CC1. The Morgan fingerprint density at radius 2 is 1.40 bits per heavy atom. The van der Waals surface area contributed by atoms with Gasteiger partial charge in [-0.2, -0.15) is 0 Å². The number of hydrogen-bond donors (Lipinski definition) is 2. The molecule has 3 heterocycles. The first-order valence-electron chi connectivity index (χ1n) is 22.9. The van der Waals surface area contributed by atoms with Crippen molar-refractivity contribution in [3.63, 3.8) is 0 Å². The van der Waals surface area contributed by atoms with Gasteiger partial charge in [0, 0.05) is 91.2 Å². The minimum absolute atomic E-state index is 0.0190. The lowest BCUT2D eigenvalue weighted by Gasteiger charge is -2.42. The van der Waals surface area contributed by atoms with Crippen LogP contribution in [-0.4, -0.2) is 118 Å². The molecule has 4 rings (SSSR count). The number of hydrogen-bond acceptors (Lipinski definition) is 8. The summed E-state index contributed by atoms with van der Waals surface area (Å²) in [4.78, 5) is 24.6. The molecule has 0 spiro atoms. The van der Waals surface area contributed by atoms with E-state index in [1.165, 1.54) is 12.8 Å². The summed E-state index contributed by atoms with van der Waals surface area (Å²) in [6, 6.07) is 5.14. The summed E-state index contributed by atoms with van der Waals surface area (Å²) in [6.45, 7) is 39.9. The molecule has 1 saturated carbocycles. The number of pyridine rings is 1. The molecule has 9 heteroatoms. The van der Waals surface area contributed by atoms with E-state index in [1.807, 2.05) is 12.3 Å². The van der Waals surface area contributed by atoms with Crippen LogP contribution in [0.3, 0.4) is 0 Å². The van der Waals surface area contributed by atoms with Crippen molar-refractivity contribution < 1.29 is 14.3 Å². The fraction of sp³-hybridized carbons (Fsp3) is 0.875. The summed E-state index contributed by atoms with van der Waals surface area (Å²) >= 11 is 0. The first kappa shape index (κ1) is 47.9. The van der Waals surface area contributed by atoms with E-state index in [9.17, 15) is 4.79 Å². The Labute approximate surface area is 350 Å². The van der Waals surface area contributed by atoms with Gasteiger partial charge in [0.15, 0.2) is 0 Å². The minimum atomic E-state index is -0.148. The molecule has 328 valence electrons. The van der Waals surface area contributed by atoms with Crippen LogP contribution in [0.2, 0.25) is 0 Å². The Hall–Kier alpha value is -1.78. The zero-order valence-corrected chi connectivity index (χ0v) is 39.4. The maximum atomic E-state index is 12.9. The number of carbonyl (C=O) groups is 1. The highest BCUT2D eigenvalue weighted by molar-refractivity contribution is 5.76. The topological polar surface area (TPSA) is 82.2 Å². The number of ether oxygens (including phenoxy) is 2. The van der Waals surface area contributed by atoms with Crippen molar-refractivity contribution in [2.45, 2.75) is 213 Å². The number of piperazine rings is 1. The third-order valence-corrected chi connectivity index (χ3v) is 12.9. The summed E-state index contributed by atoms with van der Waals surface area (Å²) in [6.07, 6.45) is 13.8.